The van der Waals surface area contributed by atoms with Crippen molar-refractivity contribution in [3.8, 4) is 47.4 Å². The maximum Gasteiger partial charge on any atom is 0.130 e. The molecule has 0 aliphatic heterocycles. The van der Waals surface area contributed by atoms with E-state index in [0.717, 1.165) is 22.3 Å². The van der Waals surface area contributed by atoms with Crippen LogP contribution in [0, 0.1) is 47.4 Å². The second-order valence-electron chi connectivity index (χ2n) is 8.24. The van der Waals surface area contributed by atoms with Gasteiger partial charge >= 0.3 is 0 Å². The number of pyridine rings is 1. The molecular weight excluding hydrogens is 458 g/mol. The zero-order valence-electron chi connectivity index (χ0n) is 20.6. The fraction of sp³-hybridized carbons (Fsp3) is 0. The molecule has 0 spiro atoms. The van der Waals surface area contributed by atoms with E-state index in [1.807, 2.05) is 127 Å². The van der Waals surface area contributed by atoms with Crippen molar-refractivity contribution in [2.45, 2.75) is 0 Å². The molecular formula is C37H21N. The van der Waals surface area contributed by atoms with Gasteiger partial charge in [0.1, 0.15) is 11.4 Å². The van der Waals surface area contributed by atoms with Crippen molar-refractivity contribution in [3.63, 3.8) is 0 Å². The van der Waals surface area contributed by atoms with Crippen LogP contribution in [0.15, 0.2) is 127 Å². The van der Waals surface area contributed by atoms with Gasteiger partial charge in [0.15, 0.2) is 0 Å². The molecule has 0 atom stereocenters. The molecule has 4 aromatic carbocycles. The predicted octanol–water partition coefficient (Wildman–Crippen LogP) is 6.68. The van der Waals surface area contributed by atoms with Crippen LogP contribution in [0.5, 0.6) is 0 Å². The van der Waals surface area contributed by atoms with Gasteiger partial charge < -0.3 is 0 Å². The summed E-state index contributed by atoms with van der Waals surface area (Å²) in [5.41, 5.74) is 6.19. The van der Waals surface area contributed by atoms with Gasteiger partial charge in [0, 0.05) is 22.3 Å². The molecule has 5 aromatic rings. The van der Waals surface area contributed by atoms with E-state index in [1.165, 1.54) is 0 Å². The summed E-state index contributed by atoms with van der Waals surface area (Å²) in [6, 6.07) is 41.4. The first-order chi connectivity index (χ1) is 18.8. The molecule has 0 amide bonds. The van der Waals surface area contributed by atoms with Gasteiger partial charge in [0.05, 0.1) is 11.1 Å². The van der Waals surface area contributed by atoms with Crippen molar-refractivity contribution in [3.05, 3.63) is 172 Å². The molecule has 0 aliphatic rings. The SMILES string of the molecule is C(#Cc1cc(C#Cc2ccccc2)c(C#Cc2ccccc2)nc1C#Cc1ccccc1)c1ccccc1. The Kier molecular flexibility index (Phi) is 7.76. The van der Waals surface area contributed by atoms with Gasteiger partial charge in [-0.25, -0.2) is 4.98 Å². The molecule has 0 saturated carbocycles. The van der Waals surface area contributed by atoms with Crippen LogP contribution in [0.3, 0.4) is 0 Å². The highest BCUT2D eigenvalue weighted by molar-refractivity contribution is 5.60. The number of benzene rings is 4. The van der Waals surface area contributed by atoms with E-state index in [1.54, 1.807) is 0 Å². The van der Waals surface area contributed by atoms with E-state index in [2.05, 4.69) is 47.4 Å². The summed E-state index contributed by atoms with van der Waals surface area (Å²) in [6.07, 6.45) is 0. The summed E-state index contributed by atoms with van der Waals surface area (Å²) in [7, 11) is 0. The van der Waals surface area contributed by atoms with Crippen molar-refractivity contribution in [2.24, 2.45) is 0 Å². The van der Waals surface area contributed by atoms with Gasteiger partial charge in [-0.2, -0.15) is 0 Å². The summed E-state index contributed by atoms with van der Waals surface area (Å²) in [6.45, 7) is 0. The van der Waals surface area contributed by atoms with Crippen LogP contribution in [-0.2, 0) is 0 Å². The van der Waals surface area contributed by atoms with E-state index >= 15 is 0 Å². The number of hydrogen-bond donors (Lipinski definition) is 0. The van der Waals surface area contributed by atoms with Crippen molar-refractivity contribution in [1.82, 2.24) is 4.98 Å². The largest absolute Gasteiger partial charge is 0.228 e. The lowest BCUT2D eigenvalue weighted by atomic mass is 10.1. The first-order valence-electron chi connectivity index (χ1n) is 12.2. The third-order valence-electron chi connectivity index (χ3n) is 5.45. The molecule has 0 bridgehead atoms. The maximum atomic E-state index is 4.88. The third-order valence-corrected chi connectivity index (χ3v) is 5.45. The molecule has 0 aliphatic carbocycles. The van der Waals surface area contributed by atoms with Crippen LogP contribution in [0.4, 0.5) is 0 Å². The Morgan fingerprint density at radius 3 is 0.921 bits per heavy atom. The minimum atomic E-state index is 0.569. The number of nitrogens with zero attached hydrogens (tertiary/aromatic N) is 1. The van der Waals surface area contributed by atoms with Crippen LogP contribution in [0.2, 0.25) is 0 Å². The second-order valence-corrected chi connectivity index (χ2v) is 8.24. The molecule has 5 rings (SSSR count). The topological polar surface area (TPSA) is 12.9 Å². The van der Waals surface area contributed by atoms with Gasteiger partial charge in [-0.05, 0) is 66.4 Å². The highest BCUT2D eigenvalue weighted by Crippen LogP contribution is 2.13. The smallest absolute Gasteiger partial charge is 0.130 e. The lowest BCUT2D eigenvalue weighted by Gasteiger charge is -2.02. The zero-order chi connectivity index (χ0) is 25.8. The van der Waals surface area contributed by atoms with Crippen LogP contribution >= 0.6 is 0 Å². The second kappa shape index (κ2) is 12.3. The normalized spacial score (nSPS) is 9.26. The van der Waals surface area contributed by atoms with E-state index in [-0.39, 0.29) is 0 Å². The van der Waals surface area contributed by atoms with E-state index < -0.39 is 0 Å². The Bertz CT molecular complexity index is 1520. The van der Waals surface area contributed by atoms with Gasteiger partial charge in [-0.15, -0.1) is 0 Å². The van der Waals surface area contributed by atoms with Crippen LogP contribution in [0.1, 0.15) is 44.8 Å². The van der Waals surface area contributed by atoms with Gasteiger partial charge in [-0.1, -0.05) is 108 Å². The predicted molar refractivity (Wildman–Crippen MR) is 154 cm³/mol. The summed E-state index contributed by atoms with van der Waals surface area (Å²) >= 11 is 0. The first-order valence-corrected chi connectivity index (χ1v) is 12.2. The fourth-order valence-electron chi connectivity index (χ4n) is 3.52. The molecule has 38 heavy (non-hydrogen) atoms. The van der Waals surface area contributed by atoms with Crippen molar-refractivity contribution < 1.29 is 0 Å². The third kappa shape index (κ3) is 6.69. The van der Waals surface area contributed by atoms with Gasteiger partial charge in [-0.3, -0.25) is 0 Å². The van der Waals surface area contributed by atoms with Crippen LogP contribution in [-0.4, -0.2) is 4.98 Å². The average molecular weight is 480 g/mol. The standard InChI is InChI=1S/C37H21N/c1-5-13-30(14-6-1)21-25-34-29-35(26-22-31-15-7-2-8-16-31)37(28-24-33-19-11-4-12-20-33)38-36(34)27-23-32-17-9-3-10-18-32/h1-20,29H. The van der Waals surface area contributed by atoms with Gasteiger partial charge in [0.2, 0.25) is 0 Å². The Labute approximate surface area is 224 Å². The number of hydrogen-bond acceptors (Lipinski definition) is 1. The van der Waals surface area contributed by atoms with Crippen molar-refractivity contribution in [2.75, 3.05) is 0 Å². The Morgan fingerprint density at radius 2 is 0.605 bits per heavy atom. The molecule has 1 aromatic heterocycles. The Hall–Kier alpha value is -5.73. The van der Waals surface area contributed by atoms with E-state index in [0.29, 0.717) is 22.5 Å². The molecule has 0 radical (unpaired) electrons. The molecule has 1 nitrogen and oxygen atoms in total. The van der Waals surface area contributed by atoms with Crippen LogP contribution < -0.4 is 0 Å². The lowest BCUT2D eigenvalue weighted by Crippen LogP contribution is -1.98. The van der Waals surface area contributed by atoms with E-state index in [4.69, 9.17) is 4.98 Å². The Morgan fingerprint density at radius 1 is 0.316 bits per heavy atom. The molecule has 1 heteroatoms. The minimum Gasteiger partial charge on any atom is -0.228 e. The van der Waals surface area contributed by atoms with Crippen LogP contribution in [0.25, 0.3) is 0 Å². The monoisotopic (exact) mass is 479 g/mol. The average Bonchev–Trinajstić information content (AvgIpc) is 2.99. The molecule has 0 unspecified atom stereocenters. The highest BCUT2D eigenvalue weighted by atomic mass is 14.7. The fourth-order valence-corrected chi connectivity index (χ4v) is 3.52. The van der Waals surface area contributed by atoms with Gasteiger partial charge in [0.25, 0.3) is 0 Å². The summed E-state index contributed by atoms with van der Waals surface area (Å²) in [5, 5.41) is 0. The summed E-state index contributed by atoms with van der Waals surface area (Å²) in [4.78, 5) is 4.88. The maximum absolute atomic E-state index is 4.88. The lowest BCUT2D eigenvalue weighted by molar-refractivity contribution is 1.22. The molecule has 174 valence electrons. The quantitative estimate of drug-likeness (QED) is 0.226. The summed E-state index contributed by atoms with van der Waals surface area (Å²) in [5.74, 6) is 25.9. The Balaban J connectivity index is 1.67. The molecule has 0 N–H and O–H groups in total. The first kappa shape index (κ1) is 24.0. The number of rotatable bonds is 0. The molecule has 1 heterocycles. The molecule has 0 saturated heterocycles. The zero-order valence-corrected chi connectivity index (χ0v) is 20.6. The van der Waals surface area contributed by atoms with Crippen molar-refractivity contribution in [1.29, 1.82) is 0 Å². The summed E-state index contributed by atoms with van der Waals surface area (Å²) < 4.78 is 0. The number of aromatic nitrogens is 1. The highest BCUT2D eigenvalue weighted by Gasteiger charge is 2.08. The minimum absolute atomic E-state index is 0.569. The van der Waals surface area contributed by atoms with Crippen molar-refractivity contribution >= 4 is 0 Å². The van der Waals surface area contributed by atoms with E-state index in [9.17, 15) is 0 Å². The molecule has 0 fully saturated rings.